The summed E-state index contributed by atoms with van der Waals surface area (Å²) >= 11 is 0. The molecule has 0 spiro atoms. The molecule has 0 saturated heterocycles. The molecule has 1 rings (SSSR count). The van der Waals surface area contributed by atoms with Crippen LogP contribution in [0, 0.1) is 13.8 Å². The van der Waals surface area contributed by atoms with Gasteiger partial charge in [0.25, 0.3) is 0 Å². The normalized spacial score (nSPS) is 10.1. The Labute approximate surface area is 69.7 Å². The number of aromatic hydroxyl groups is 1. The predicted molar refractivity (Wildman–Crippen MR) is 51.0 cm³/mol. The van der Waals surface area contributed by atoms with Crippen LogP contribution in [0.5, 0.6) is 5.75 Å². The molecule has 1 aromatic rings. The molecule has 0 fully saturated rings. The predicted octanol–water partition coefficient (Wildman–Crippen LogP) is 2.38. The van der Waals surface area contributed by atoms with Gasteiger partial charge in [-0.05, 0) is 31.1 Å². The molecule has 2 heteroatoms. The zero-order valence-corrected chi connectivity index (χ0v) is 8.04. The Hall–Kier alpha value is -0.550. The molecule has 1 aromatic carbocycles. The Morgan fingerprint density at radius 2 is 2.00 bits per heavy atom. The van der Waals surface area contributed by atoms with Crippen molar-refractivity contribution in [2.45, 2.75) is 20.0 Å². The van der Waals surface area contributed by atoms with Gasteiger partial charge in [0.2, 0.25) is 0 Å². The lowest BCUT2D eigenvalue weighted by molar-refractivity contribution is 0.466. The molecule has 0 aliphatic rings. The van der Waals surface area contributed by atoms with Crippen LogP contribution in [0.4, 0.5) is 0 Å². The Kier molecular flexibility index (Phi) is 2.51. The van der Waals surface area contributed by atoms with E-state index in [0.717, 1.165) is 17.3 Å². The standard InChI is InChI=1S/C9H13OP/c1-6-3-7(2)9(10)8(4-6)5-11/h3-4,10H,5,11H2,1-2H3. The summed E-state index contributed by atoms with van der Waals surface area (Å²) in [7, 11) is 2.61. The van der Waals surface area contributed by atoms with E-state index < -0.39 is 0 Å². The van der Waals surface area contributed by atoms with Crippen LogP contribution in [0.2, 0.25) is 0 Å². The molecule has 0 heterocycles. The van der Waals surface area contributed by atoms with Crippen LogP contribution in [0.3, 0.4) is 0 Å². The first kappa shape index (κ1) is 8.55. The Morgan fingerprint density at radius 3 is 2.55 bits per heavy atom. The number of aryl methyl sites for hydroxylation is 2. The number of phenols is 1. The van der Waals surface area contributed by atoms with Crippen LogP contribution in [-0.4, -0.2) is 5.11 Å². The van der Waals surface area contributed by atoms with Crippen LogP contribution in [0.15, 0.2) is 12.1 Å². The van der Waals surface area contributed by atoms with Crippen molar-refractivity contribution in [2.24, 2.45) is 0 Å². The molecular weight excluding hydrogens is 155 g/mol. The fourth-order valence-corrected chi connectivity index (χ4v) is 1.51. The maximum atomic E-state index is 9.51. The lowest BCUT2D eigenvalue weighted by Gasteiger charge is -2.05. The second-order valence-electron chi connectivity index (χ2n) is 2.79. The molecule has 1 atom stereocenters. The van der Waals surface area contributed by atoms with Crippen molar-refractivity contribution < 1.29 is 5.11 Å². The smallest absolute Gasteiger partial charge is 0.122 e. The highest BCUT2D eigenvalue weighted by molar-refractivity contribution is 7.15. The zero-order valence-electron chi connectivity index (χ0n) is 6.89. The topological polar surface area (TPSA) is 20.2 Å². The summed E-state index contributed by atoms with van der Waals surface area (Å²) < 4.78 is 0. The van der Waals surface area contributed by atoms with Gasteiger partial charge in [0, 0.05) is 0 Å². The number of phenolic OH excluding ortho intramolecular Hbond substituents is 1. The van der Waals surface area contributed by atoms with Crippen LogP contribution in [-0.2, 0) is 6.16 Å². The first-order valence-electron chi connectivity index (χ1n) is 3.64. The minimum absolute atomic E-state index is 0.436. The minimum atomic E-state index is 0.436. The van der Waals surface area contributed by atoms with E-state index in [9.17, 15) is 5.11 Å². The quantitative estimate of drug-likeness (QED) is 0.638. The minimum Gasteiger partial charge on any atom is -0.507 e. The van der Waals surface area contributed by atoms with Gasteiger partial charge in [-0.1, -0.05) is 17.7 Å². The van der Waals surface area contributed by atoms with Gasteiger partial charge in [-0.25, -0.2) is 0 Å². The second-order valence-corrected chi connectivity index (χ2v) is 3.20. The third-order valence-corrected chi connectivity index (χ3v) is 2.18. The van der Waals surface area contributed by atoms with Gasteiger partial charge in [-0.15, -0.1) is 9.24 Å². The van der Waals surface area contributed by atoms with E-state index in [1.807, 2.05) is 26.0 Å². The molecule has 1 nitrogen and oxygen atoms in total. The van der Waals surface area contributed by atoms with Crippen molar-refractivity contribution in [1.29, 1.82) is 0 Å². The Morgan fingerprint density at radius 1 is 1.36 bits per heavy atom. The fourth-order valence-electron chi connectivity index (χ4n) is 1.20. The largest absolute Gasteiger partial charge is 0.507 e. The van der Waals surface area contributed by atoms with Crippen molar-refractivity contribution in [2.75, 3.05) is 0 Å². The molecule has 0 bridgehead atoms. The van der Waals surface area contributed by atoms with Crippen molar-refractivity contribution in [3.63, 3.8) is 0 Å². The monoisotopic (exact) mass is 168 g/mol. The molecule has 0 amide bonds. The van der Waals surface area contributed by atoms with Crippen molar-refractivity contribution in [3.8, 4) is 5.75 Å². The van der Waals surface area contributed by atoms with E-state index >= 15 is 0 Å². The highest BCUT2D eigenvalue weighted by atomic mass is 31.0. The summed E-state index contributed by atoms with van der Waals surface area (Å²) in [5.74, 6) is 0.436. The SMILES string of the molecule is Cc1cc(C)c(O)c(CP)c1. The number of benzene rings is 1. The molecule has 0 aliphatic heterocycles. The van der Waals surface area contributed by atoms with Crippen molar-refractivity contribution in [3.05, 3.63) is 28.8 Å². The molecule has 1 N–H and O–H groups in total. The molecule has 0 aliphatic carbocycles. The van der Waals surface area contributed by atoms with Gasteiger partial charge < -0.3 is 5.11 Å². The van der Waals surface area contributed by atoms with Gasteiger partial charge in [-0.3, -0.25) is 0 Å². The number of rotatable bonds is 1. The molecular formula is C9H13OP. The van der Waals surface area contributed by atoms with Crippen molar-refractivity contribution >= 4 is 9.24 Å². The van der Waals surface area contributed by atoms with E-state index in [0.29, 0.717) is 5.75 Å². The van der Waals surface area contributed by atoms with E-state index in [1.165, 1.54) is 5.56 Å². The third-order valence-electron chi connectivity index (χ3n) is 1.74. The first-order valence-corrected chi connectivity index (χ1v) is 4.46. The van der Waals surface area contributed by atoms with Crippen molar-refractivity contribution in [1.82, 2.24) is 0 Å². The maximum absolute atomic E-state index is 9.51. The van der Waals surface area contributed by atoms with Gasteiger partial charge in [0.15, 0.2) is 0 Å². The van der Waals surface area contributed by atoms with E-state index in [-0.39, 0.29) is 0 Å². The molecule has 0 radical (unpaired) electrons. The summed E-state index contributed by atoms with van der Waals surface area (Å²) in [5.41, 5.74) is 3.17. The maximum Gasteiger partial charge on any atom is 0.122 e. The Balaban J connectivity index is 3.24. The number of hydrogen-bond acceptors (Lipinski definition) is 1. The zero-order chi connectivity index (χ0) is 8.43. The molecule has 1 unspecified atom stereocenters. The first-order chi connectivity index (χ1) is 5.15. The summed E-state index contributed by atoms with van der Waals surface area (Å²) in [6, 6.07) is 3.99. The lowest BCUT2D eigenvalue weighted by atomic mass is 10.1. The fraction of sp³-hybridized carbons (Fsp3) is 0.333. The highest BCUT2D eigenvalue weighted by Gasteiger charge is 2.02. The van der Waals surface area contributed by atoms with Gasteiger partial charge >= 0.3 is 0 Å². The van der Waals surface area contributed by atoms with Crippen LogP contribution in [0.25, 0.3) is 0 Å². The molecule has 11 heavy (non-hydrogen) atoms. The third kappa shape index (κ3) is 1.72. The summed E-state index contributed by atoms with van der Waals surface area (Å²) in [5, 5.41) is 9.51. The van der Waals surface area contributed by atoms with E-state index in [4.69, 9.17) is 0 Å². The van der Waals surface area contributed by atoms with E-state index in [1.54, 1.807) is 0 Å². The molecule has 60 valence electrons. The van der Waals surface area contributed by atoms with E-state index in [2.05, 4.69) is 9.24 Å². The molecule has 0 saturated carbocycles. The van der Waals surface area contributed by atoms with Crippen LogP contribution < -0.4 is 0 Å². The Bertz CT molecular complexity index is 269. The van der Waals surface area contributed by atoms with Gasteiger partial charge in [0.1, 0.15) is 5.75 Å². The summed E-state index contributed by atoms with van der Waals surface area (Å²) in [4.78, 5) is 0. The highest BCUT2D eigenvalue weighted by Crippen LogP contribution is 2.25. The average molecular weight is 168 g/mol. The second kappa shape index (κ2) is 3.23. The summed E-state index contributed by atoms with van der Waals surface area (Å²) in [6.45, 7) is 3.96. The van der Waals surface area contributed by atoms with Gasteiger partial charge in [-0.2, -0.15) is 0 Å². The summed E-state index contributed by atoms with van der Waals surface area (Å²) in [6.07, 6.45) is 0.814. The van der Waals surface area contributed by atoms with Gasteiger partial charge in [0.05, 0.1) is 0 Å². The van der Waals surface area contributed by atoms with Crippen LogP contribution >= 0.6 is 9.24 Å². The molecule has 0 aromatic heterocycles. The van der Waals surface area contributed by atoms with Crippen LogP contribution in [0.1, 0.15) is 16.7 Å². The average Bonchev–Trinajstić information content (AvgIpc) is 1.96. The number of hydrogen-bond donors (Lipinski definition) is 1. The lowest BCUT2D eigenvalue weighted by Crippen LogP contribution is -1.85.